The molecular weight excluding hydrogens is 484 g/mol. The minimum atomic E-state index is -1.39. The van der Waals surface area contributed by atoms with Gasteiger partial charge in [-0.05, 0) is 74.9 Å². The van der Waals surface area contributed by atoms with Crippen molar-refractivity contribution in [3.63, 3.8) is 0 Å². The number of morpholine rings is 1. The van der Waals surface area contributed by atoms with Gasteiger partial charge in [-0.25, -0.2) is 8.51 Å². The van der Waals surface area contributed by atoms with Crippen LogP contribution in [-0.2, 0) is 20.5 Å². The van der Waals surface area contributed by atoms with Gasteiger partial charge in [-0.2, -0.15) is 0 Å². The Morgan fingerprint density at radius 1 is 0.946 bits per heavy atom. The molecule has 3 aromatic rings. The number of aromatic nitrogens is 1. The van der Waals surface area contributed by atoms with Gasteiger partial charge in [-0.1, -0.05) is 12.1 Å². The summed E-state index contributed by atoms with van der Waals surface area (Å²) in [6, 6.07) is 15.9. The van der Waals surface area contributed by atoms with E-state index >= 15 is 0 Å². The number of benzene rings is 2. The molecule has 0 saturated carbocycles. The Morgan fingerprint density at radius 3 is 2.41 bits per heavy atom. The summed E-state index contributed by atoms with van der Waals surface area (Å²) in [5, 5.41) is 1.18. The number of rotatable bonds is 5. The number of nitrogens with zero attached hydrogens (tertiary/aromatic N) is 3. The highest BCUT2D eigenvalue weighted by Crippen LogP contribution is 2.45. The van der Waals surface area contributed by atoms with E-state index in [-0.39, 0.29) is 11.9 Å². The maximum atomic E-state index is 13.8. The van der Waals surface area contributed by atoms with Crippen LogP contribution in [0.5, 0.6) is 0 Å². The summed E-state index contributed by atoms with van der Waals surface area (Å²) >= 11 is 0. The Morgan fingerprint density at radius 2 is 1.70 bits per heavy atom. The summed E-state index contributed by atoms with van der Waals surface area (Å²) in [6.45, 7) is 5.17. The van der Waals surface area contributed by atoms with E-state index in [1.807, 2.05) is 15.3 Å². The van der Waals surface area contributed by atoms with Gasteiger partial charge in [0.05, 0.1) is 18.1 Å². The van der Waals surface area contributed by atoms with Gasteiger partial charge in [0.1, 0.15) is 17.0 Å². The van der Waals surface area contributed by atoms with E-state index in [1.165, 1.54) is 42.3 Å². The number of ether oxygens (including phenoxy) is 1. The van der Waals surface area contributed by atoms with Crippen LogP contribution in [0.15, 0.2) is 47.4 Å². The molecule has 4 aliphatic rings. The van der Waals surface area contributed by atoms with Gasteiger partial charge in [0.25, 0.3) is 0 Å². The number of hydrogen-bond donors (Lipinski definition) is 1. The summed E-state index contributed by atoms with van der Waals surface area (Å²) < 4.78 is 21.1. The fourth-order valence-corrected chi connectivity index (χ4v) is 8.07. The topological polar surface area (TPSA) is 68.9 Å². The normalized spacial score (nSPS) is 26.6. The van der Waals surface area contributed by atoms with Crippen LogP contribution in [0.25, 0.3) is 22.2 Å². The van der Waals surface area contributed by atoms with Crippen molar-refractivity contribution in [2.45, 2.75) is 62.0 Å². The SMILES string of the molecule is Cc1ccc2cc(-c3cc(S(=O)N4CCC4C(=O)N4CCOCC4)ccc3N3C4CCC3CC4)[nH]c2c1. The predicted molar refractivity (Wildman–Crippen MR) is 146 cm³/mol. The summed E-state index contributed by atoms with van der Waals surface area (Å²) in [6.07, 6.45) is 5.77. The molecule has 4 fully saturated rings. The zero-order chi connectivity index (χ0) is 25.1. The molecule has 4 saturated heterocycles. The Bertz CT molecular complexity index is 1360. The number of anilines is 1. The number of amides is 1. The maximum absolute atomic E-state index is 13.8. The van der Waals surface area contributed by atoms with Crippen molar-refractivity contribution in [1.29, 1.82) is 0 Å². The summed E-state index contributed by atoms with van der Waals surface area (Å²) in [7, 11) is -1.39. The molecule has 2 unspecified atom stereocenters. The molecule has 7 nitrogen and oxygen atoms in total. The Balaban J connectivity index is 1.24. The maximum Gasteiger partial charge on any atom is 0.241 e. The molecule has 37 heavy (non-hydrogen) atoms. The van der Waals surface area contributed by atoms with Crippen LogP contribution in [0.4, 0.5) is 5.69 Å². The highest BCUT2D eigenvalue weighted by Gasteiger charge is 2.42. The first kappa shape index (κ1) is 23.4. The van der Waals surface area contributed by atoms with Gasteiger partial charge in [0, 0.05) is 59.6 Å². The number of carbonyl (C=O) groups excluding carboxylic acids is 1. The van der Waals surface area contributed by atoms with Crippen molar-refractivity contribution in [2.24, 2.45) is 0 Å². The van der Waals surface area contributed by atoms with Crippen molar-refractivity contribution in [3.8, 4) is 11.3 Å². The third kappa shape index (κ3) is 4.01. The third-order valence-corrected chi connectivity index (χ3v) is 10.3. The van der Waals surface area contributed by atoms with E-state index in [1.54, 1.807) is 0 Å². The molecule has 1 amide bonds. The molecule has 8 heteroatoms. The number of aryl methyl sites for hydroxylation is 1. The molecule has 1 N–H and O–H groups in total. The first-order valence-corrected chi connectivity index (χ1v) is 14.7. The lowest BCUT2D eigenvalue weighted by atomic mass is 10.0. The summed E-state index contributed by atoms with van der Waals surface area (Å²) in [5.41, 5.74) is 5.75. The van der Waals surface area contributed by atoms with Crippen LogP contribution in [0.2, 0.25) is 0 Å². The first-order chi connectivity index (χ1) is 18.1. The van der Waals surface area contributed by atoms with Gasteiger partial charge in [-0.3, -0.25) is 4.79 Å². The predicted octanol–water partition coefficient (Wildman–Crippen LogP) is 4.23. The van der Waals surface area contributed by atoms with Gasteiger partial charge in [0.15, 0.2) is 0 Å². The highest BCUT2D eigenvalue weighted by molar-refractivity contribution is 7.82. The Kier molecular flexibility index (Phi) is 5.86. The molecular formula is C29H34N4O3S. The quantitative estimate of drug-likeness (QED) is 0.549. The van der Waals surface area contributed by atoms with Crippen molar-refractivity contribution in [3.05, 3.63) is 48.0 Å². The minimum Gasteiger partial charge on any atom is -0.378 e. The molecule has 1 aromatic heterocycles. The molecule has 5 heterocycles. The standard InChI is InChI=1S/C29H34N4O3S/c1-19-2-3-20-17-26(30-25(20)16-19)24-18-23(8-9-27(24)33-21-4-5-22(33)7-6-21)37(35)32-11-10-28(32)29(34)31-12-14-36-15-13-31/h2-3,8-9,16-18,21-22,28,30H,4-7,10-15H2,1H3. The van der Waals surface area contributed by atoms with Crippen molar-refractivity contribution in [2.75, 3.05) is 37.7 Å². The van der Waals surface area contributed by atoms with Crippen LogP contribution in [0.1, 0.15) is 37.7 Å². The van der Waals surface area contributed by atoms with E-state index in [2.05, 4.69) is 53.2 Å². The number of hydrogen-bond acceptors (Lipinski definition) is 4. The number of fused-ring (bicyclic) bond motifs is 3. The summed E-state index contributed by atoms with van der Waals surface area (Å²) in [5.74, 6) is 0.0828. The third-order valence-electron chi connectivity index (χ3n) is 8.76. The van der Waals surface area contributed by atoms with E-state index in [9.17, 15) is 9.00 Å². The zero-order valence-electron chi connectivity index (χ0n) is 21.3. The van der Waals surface area contributed by atoms with E-state index in [0.717, 1.165) is 28.1 Å². The minimum absolute atomic E-state index is 0.0828. The molecule has 2 aromatic carbocycles. The average Bonchev–Trinajstić information content (AvgIpc) is 3.62. The largest absolute Gasteiger partial charge is 0.378 e. The van der Waals surface area contributed by atoms with Crippen molar-refractivity contribution >= 4 is 33.5 Å². The fourth-order valence-electron chi connectivity index (χ4n) is 6.70. The van der Waals surface area contributed by atoms with Crippen LogP contribution in [-0.4, -0.2) is 75.3 Å². The van der Waals surface area contributed by atoms with Crippen LogP contribution in [0.3, 0.4) is 0 Å². The fraction of sp³-hybridized carbons (Fsp3) is 0.483. The molecule has 2 atom stereocenters. The molecule has 194 valence electrons. The second kappa shape index (κ2) is 9.26. The van der Waals surface area contributed by atoms with E-state index in [0.29, 0.717) is 44.9 Å². The first-order valence-electron chi connectivity index (χ1n) is 13.6. The van der Waals surface area contributed by atoms with Gasteiger partial charge in [0.2, 0.25) is 5.91 Å². The van der Waals surface area contributed by atoms with Crippen LogP contribution < -0.4 is 4.90 Å². The number of aromatic amines is 1. The van der Waals surface area contributed by atoms with E-state index in [4.69, 9.17) is 4.74 Å². The van der Waals surface area contributed by atoms with E-state index < -0.39 is 11.0 Å². The monoisotopic (exact) mass is 518 g/mol. The molecule has 4 aliphatic heterocycles. The van der Waals surface area contributed by atoms with Crippen LogP contribution >= 0.6 is 0 Å². The molecule has 0 spiro atoms. The average molecular weight is 519 g/mol. The Labute approximate surface area is 220 Å². The van der Waals surface area contributed by atoms with Crippen molar-refractivity contribution in [1.82, 2.24) is 14.2 Å². The van der Waals surface area contributed by atoms with Gasteiger partial charge in [-0.15, -0.1) is 0 Å². The van der Waals surface area contributed by atoms with Crippen molar-refractivity contribution < 1.29 is 13.7 Å². The van der Waals surface area contributed by atoms with Gasteiger partial charge < -0.3 is 19.5 Å². The Hall–Kier alpha value is -2.68. The number of carbonyl (C=O) groups is 1. The number of nitrogens with one attached hydrogen (secondary N) is 1. The molecule has 0 aliphatic carbocycles. The second-order valence-electron chi connectivity index (χ2n) is 11.0. The zero-order valence-corrected chi connectivity index (χ0v) is 22.1. The molecule has 2 bridgehead atoms. The lowest BCUT2D eigenvalue weighted by Crippen LogP contribution is -2.58. The van der Waals surface area contributed by atoms with Crippen LogP contribution in [0, 0.1) is 6.92 Å². The smallest absolute Gasteiger partial charge is 0.241 e. The summed E-state index contributed by atoms with van der Waals surface area (Å²) in [4.78, 5) is 22.0. The highest BCUT2D eigenvalue weighted by atomic mass is 32.2. The lowest BCUT2D eigenvalue weighted by molar-refractivity contribution is -0.142. The molecule has 0 radical (unpaired) electrons. The number of H-pyrrole nitrogens is 1. The van der Waals surface area contributed by atoms with Gasteiger partial charge >= 0.3 is 0 Å². The second-order valence-corrected chi connectivity index (χ2v) is 12.4. The molecule has 7 rings (SSSR count). The lowest BCUT2D eigenvalue weighted by Gasteiger charge is -2.41.